The summed E-state index contributed by atoms with van der Waals surface area (Å²) in [6, 6.07) is 3.52. The monoisotopic (exact) mass is 536 g/mol. The van der Waals surface area contributed by atoms with Crippen LogP contribution in [0.5, 0.6) is 0 Å². The lowest BCUT2D eigenvalue weighted by Gasteiger charge is -2.20. The Bertz CT molecular complexity index is 1880. The van der Waals surface area contributed by atoms with Crippen molar-refractivity contribution in [3.63, 3.8) is 0 Å². The fourth-order valence-corrected chi connectivity index (χ4v) is 5.35. The van der Waals surface area contributed by atoms with E-state index in [0.717, 1.165) is 36.9 Å². The second-order valence-corrected chi connectivity index (χ2v) is 10.1. The molecule has 0 bridgehead atoms. The summed E-state index contributed by atoms with van der Waals surface area (Å²) in [7, 11) is 0. The van der Waals surface area contributed by atoms with E-state index in [-0.39, 0.29) is 28.4 Å². The number of H-pyrrole nitrogens is 2. The van der Waals surface area contributed by atoms with Crippen LogP contribution in [0, 0.1) is 18.7 Å². The number of imidazole rings is 2. The molecule has 1 aliphatic carbocycles. The molecular weight excluding hydrogens is 511 g/mol. The number of carbonyl (C=O) groups excluding carboxylic acids is 1. The lowest BCUT2D eigenvalue weighted by atomic mass is 9.88. The van der Waals surface area contributed by atoms with Crippen LogP contribution >= 0.6 is 0 Å². The van der Waals surface area contributed by atoms with E-state index in [1.807, 2.05) is 13.1 Å². The Morgan fingerprint density at radius 2 is 2.00 bits per heavy atom. The standard InChI is InChI=1S/C28H25FN10O/c1-15-13-39(14-33-15)27-23-20(7-8-31-27)35-26(36-23)24-21-22(29)19(12-32-25(21)38-37-24)17-9-18(11-30-10-17)34-28(40)16-5-3-2-4-6-16/h7-14,16H,2-6H2,1H3,(H,34,40)(H,35,36)(H,32,37,38). The van der Waals surface area contributed by atoms with E-state index in [9.17, 15) is 4.79 Å². The first-order valence-corrected chi connectivity index (χ1v) is 13.2. The topological polar surface area (TPSA) is 143 Å². The number of anilines is 1. The van der Waals surface area contributed by atoms with Crippen LogP contribution in [0.3, 0.4) is 0 Å². The molecule has 0 aromatic carbocycles. The van der Waals surface area contributed by atoms with Gasteiger partial charge in [-0.15, -0.1) is 0 Å². The molecule has 0 saturated heterocycles. The van der Waals surface area contributed by atoms with Crippen molar-refractivity contribution in [2.75, 3.05) is 5.32 Å². The van der Waals surface area contributed by atoms with Gasteiger partial charge in [0.15, 0.2) is 17.3 Å². The van der Waals surface area contributed by atoms with Crippen molar-refractivity contribution < 1.29 is 9.18 Å². The maximum atomic E-state index is 16.1. The minimum atomic E-state index is -0.518. The van der Waals surface area contributed by atoms with E-state index in [4.69, 9.17) is 4.98 Å². The molecule has 0 atom stereocenters. The molecule has 0 unspecified atom stereocenters. The quantitative estimate of drug-likeness (QED) is 0.278. The Labute approximate surface area is 227 Å². The van der Waals surface area contributed by atoms with Gasteiger partial charge in [-0.3, -0.25) is 19.4 Å². The number of rotatable bonds is 5. The highest BCUT2D eigenvalue weighted by Crippen LogP contribution is 2.34. The summed E-state index contributed by atoms with van der Waals surface area (Å²) < 4.78 is 17.9. The summed E-state index contributed by atoms with van der Waals surface area (Å²) >= 11 is 0. The molecule has 11 nitrogen and oxygen atoms in total. The third-order valence-corrected chi connectivity index (χ3v) is 7.39. The van der Waals surface area contributed by atoms with E-state index >= 15 is 4.39 Å². The number of hydrogen-bond donors (Lipinski definition) is 3. The van der Waals surface area contributed by atoms with Gasteiger partial charge in [-0.1, -0.05) is 19.3 Å². The number of nitrogens with one attached hydrogen (secondary N) is 3. The van der Waals surface area contributed by atoms with Crippen molar-refractivity contribution in [3.05, 3.63) is 61.0 Å². The van der Waals surface area contributed by atoms with Crippen LogP contribution in [0.4, 0.5) is 10.1 Å². The van der Waals surface area contributed by atoms with Gasteiger partial charge < -0.3 is 10.3 Å². The molecule has 6 aromatic rings. The molecular formula is C28H25FN10O. The fraction of sp³-hybridized carbons (Fsp3) is 0.250. The molecule has 0 aliphatic heterocycles. The third kappa shape index (κ3) is 4.17. The normalized spacial score (nSPS) is 14.2. The smallest absolute Gasteiger partial charge is 0.227 e. The van der Waals surface area contributed by atoms with Gasteiger partial charge in [0.05, 0.1) is 28.5 Å². The number of halogens is 1. The second kappa shape index (κ2) is 9.63. The highest BCUT2D eigenvalue weighted by Gasteiger charge is 2.23. The molecule has 12 heteroatoms. The molecule has 1 aliphatic rings. The van der Waals surface area contributed by atoms with Crippen molar-refractivity contribution in [2.45, 2.75) is 39.0 Å². The first-order chi connectivity index (χ1) is 19.5. The first-order valence-electron chi connectivity index (χ1n) is 13.2. The van der Waals surface area contributed by atoms with Gasteiger partial charge in [0, 0.05) is 41.8 Å². The zero-order valence-corrected chi connectivity index (χ0v) is 21.6. The summed E-state index contributed by atoms with van der Waals surface area (Å²) in [6.45, 7) is 1.90. The number of aryl methyl sites for hydroxylation is 1. The minimum absolute atomic E-state index is 0.00188. The van der Waals surface area contributed by atoms with E-state index in [2.05, 4.69) is 40.4 Å². The number of pyridine rings is 3. The molecule has 1 amide bonds. The Hall–Kier alpha value is -5.00. The van der Waals surface area contributed by atoms with E-state index in [0.29, 0.717) is 34.1 Å². The average Bonchev–Trinajstić information content (AvgIpc) is 3.72. The number of hydrogen-bond acceptors (Lipinski definition) is 7. The molecule has 40 heavy (non-hydrogen) atoms. The molecule has 7 rings (SSSR count). The van der Waals surface area contributed by atoms with Crippen LogP contribution in [0.1, 0.15) is 37.8 Å². The number of fused-ring (bicyclic) bond motifs is 2. The van der Waals surface area contributed by atoms with Crippen LogP contribution < -0.4 is 5.32 Å². The van der Waals surface area contributed by atoms with Crippen molar-refractivity contribution in [3.8, 4) is 28.5 Å². The van der Waals surface area contributed by atoms with Crippen molar-refractivity contribution >= 4 is 33.7 Å². The highest BCUT2D eigenvalue weighted by molar-refractivity contribution is 5.96. The van der Waals surface area contributed by atoms with Crippen molar-refractivity contribution in [1.82, 2.24) is 44.7 Å². The molecule has 6 heterocycles. The average molecular weight is 537 g/mol. The molecule has 0 radical (unpaired) electrons. The van der Waals surface area contributed by atoms with Crippen LogP contribution in [-0.4, -0.2) is 50.6 Å². The molecule has 1 saturated carbocycles. The van der Waals surface area contributed by atoms with Crippen LogP contribution in [-0.2, 0) is 4.79 Å². The molecule has 3 N–H and O–H groups in total. The van der Waals surface area contributed by atoms with Gasteiger partial charge in [-0.2, -0.15) is 5.10 Å². The highest BCUT2D eigenvalue weighted by atomic mass is 19.1. The summed E-state index contributed by atoms with van der Waals surface area (Å²) in [4.78, 5) is 38.1. The van der Waals surface area contributed by atoms with Gasteiger partial charge in [-0.25, -0.2) is 24.3 Å². The summed E-state index contributed by atoms with van der Waals surface area (Å²) in [6.07, 6.45) is 14.8. The van der Waals surface area contributed by atoms with Crippen LogP contribution in [0.2, 0.25) is 0 Å². The summed E-state index contributed by atoms with van der Waals surface area (Å²) in [5.41, 5.74) is 4.01. The zero-order valence-electron chi connectivity index (χ0n) is 21.6. The van der Waals surface area contributed by atoms with Gasteiger partial charge in [-0.05, 0) is 31.9 Å². The Morgan fingerprint density at radius 3 is 2.83 bits per heavy atom. The second-order valence-electron chi connectivity index (χ2n) is 10.1. The predicted octanol–water partition coefficient (Wildman–Crippen LogP) is 5.11. The largest absolute Gasteiger partial charge is 0.336 e. The Balaban J connectivity index is 1.26. The molecule has 200 valence electrons. The number of aromatic amines is 2. The van der Waals surface area contributed by atoms with Gasteiger partial charge in [0.1, 0.15) is 23.4 Å². The maximum Gasteiger partial charge on any atom is 0.227 e. The zero-order chi connectivity index (χ0) is 27.2. The fourth-order valence-electron chi connectivity index (χ4n) is 5.35. The van der Waals surface area contributed by atoms with Crippen LogP contribution in [0.15, 0.2) is 49.4 Å². The first kappa shape index (κ1) is 24.1. The number of nitrogens with zero attached hydrogens (tertiary/aromatic N) is 7. The van der Waals surface area contributed by atoms with Gasteiger partial charge in [0.2, 0.25) is 5.91 Å². The van der Waals surface area contributed by atoms with Gasteiger partial charge in [0.25, 0.3) is 0 Å². The molecule has 0 spiro atoms. The van der Waals surface area contributed by atoms with E-state index in [1.54, 1.807) is 41.6 Å². The number of amides is 1. The van der Waals surface area contributed by atoms with E-state index < -0.39 is 5.82 Å². The lowest BCUT2D eigenvalue weighted by Crippen LogP contribution is -2.24. The van der Waals surface area contributed by atoms with Crippen molar-refractivity contribution in [1.29, 1.82) is 0 Å². The number of carbonyl (C=O) groups is 1. The minimum Gasteiger partial charge on any atom is -0.336 e. The maximum absolute atomic E-state index is 16.1. The SMILES string of the molecule is Cc1cn(-c2nccc3[nH]c(-c4[nH]nc5ncc(-c6cncc(NC(=O)C7CCCCC7)c6)c(F)c45)nc23)cn1. The van der Waals surface area contributed by atoms with Crippen molar-refractivity contribution in [2.24, 2.45) is 5.92 Å². The summed E-state index contributed by atoms with van der Waals surface area (Å²) in [5.74, 6) is 0.456. The predicted molar refractivity (Wildman–Crippen MR) is 147 cm³/mol. The van der Waals surface area contributed by atoms with Gasteiger partial charge >= 0.3 is 0 Å². The Kier molecular flexibility index (Phi) is 5.80. The lowest BCUT2D eigenvalue weighted by molar-refractivity contribution is -0.120. The van der Waals surface area contributed by atoms with Crippen LogP contribution in [0.25, 0.3) is 50.5 Å². The third-order valence-electron chi connectivity index (χ3n) is 7.39. The molecule has 1 fully saturated rings. The summed E-state index contributed by atoms with van der Waals surface area (Å²) in [5, 5.41) is 10.3. The Morgan fingerprint density at radius 1 is 1.12 bits per heavy atom. The van der Waals surface area contributed by atoms with E-state index in [1.165, 1.54) is 12.6 Å². The number of aromatic nitrogens is 9. The molecule has 6 aromatic heterocycles.